The maximum Gasteiger partial charge on any atom is 0.0644 e. The Kier molecular flexibility index (Phi) is 3.84. The van der Waals surface area contributed by atoms with Crippen LogP contribution in [0.4, 0.5) is 0 Å². The summed E-state index contributed by atoms with van der Waals surface area (Å²) in [6.07, 6.45) is 2.23. The van der Waals surface area contributed by atoms with Crippen molar-refractivity contribution in [2.75, 3.05) is 13.2 Å². The number of ether oxygens (including phenoxy) is 1. The van der Waals surface area contributed by atoms with E-state index in [-0.39, 0.29) is 0 Å². The van der Waals surface area contributed by atoms with Crippen molar-refractivity contribution in [1.82, 2.24) is 15.1 Å². The summed E-state index contributed by atoms with van der Waals surface area (Å²) in [5.41, 5.74) is 3.74. The van der Waals surface area contributed by atoms with E-state index in [2.05, 4.69) is 31.2 Å². The van der Waals surface area contributed by atoms with E-state index in [1.54, 1.807) is 0 Å². The lowest BCUT2D eigenvalue weighted by Crippen LogP contribution is -2.36. The molecule has 0 amide bonds. The summed E-state index contributed by atoms with van der Waals surface area (Å²) in [5, 5.41) is 8.17. The quantitative estimate of drug-likeness (QED) is 0.872. The minimum Gasteiger partial charge on any atom is -0.381 e. The molecule has 0 aromatic carbocycles. The maximum absolute atomic E-state index is 5.38. The Morgan fingerprint density at radius 1 is 1.35 bits per heavy atom. The Balaban J connectivity index is 2.05. The summed E-state index contributed by atoms with van der Waals surface area (Å²) >= 11 is 0. The smallest absolute Gasteiger partial charge is 0.0644 e. The highest BCUT2D eigenvalue weighted by molar-refractivity contribution is 5.27. The molecule has 1 saturated heterocycles. The van der Waals surface area contributed by atoms with Crippen LogP contribution in [0.3, 0.4) is 0 Å². The molecule has 96 valence electrons. The highest BCUT2D eigenvalue weighted by atomic mass is 16.5. The molecule has 17 heavy (non-hydrogen) atoms. The molecule has 0 spiro atoms. The third-order valence-electron chi connectivity index (χ3n) is 3.71. The van der Waals surface area contributed by atoms with Gasteiger partial charge in [-0.3, -0.25) is 4.68 Å². The molecule has 1 atom stereocenters. The molecule has 0 aliphatic carbocycles. The second kappa shape index (κ2) is 5.19. The zero-order valence-corrected chi connectivity index (χ0v) is 11.3. The number of nitrogens with zero attached hydrogens (tertiary/aromatic N) is 2. The molecule has 1 N–H and O–H groups in total. The molecule has 0 bridgehead atoms. The van der Waals surface area contributed by atoms with Crippen LogP contribution >= 0.6 is 0 Å². The van der Waals surface area contributed by atoms with Gasteiger partial charge in [0, 0.05) is 43.6 Å². The van der Waals surface area contributed by atoms with Gasteiger partial charge >= 0.3 is 0 Å². The van der Waals surface area contributed by atoms with Crippen LogP contribution in [-0.4, -0.2) is 29.0 Å². The Labute approximate surface area is 103 Å². The fourth-order valence-electron chi connectivity index (χ4n) is 2.72. The first-order valence-electron chi connectivity index (χ1n) is 6.43. The summed E-state index contributed by atoms with van der Waals surface area (Å²) in [6, 6.07) is 0.949. The monoisotopic (exact) mass is 237 g/mol. The first kappa shape index (κ1) is 12.6. The molecule has 1 aliphatic rings. The van der Waals surface area contributed by atoms with Gasteiger partial charge in [0.15, 0.2) is 0 Å². The van der Waals surface area contributed by atoms with Crippen LogP contribution < -0.4 is 5.32 Å². The zero-order valence-electron chi connectivity index (χ0n) is 11.3. The second-order valence-corrected chi connectivity index (χ2v) is 4.98. The van der Waals surface area contributed by atoms with Crippen LogP contribution in [0, 0.1) is 13.8 Å². The summed E-state index contributed by atoms with van der Waals surface area (Å²) in [7, 11) is 2.01. The lowest BCUT2D eigenvalue weighted by Gasteiger charge is -2.27. The molecular weight excluding hydrogens is 214 g/mol. The number of hydrogen-bond donors (Lipinski definition) is 1. The molecular formula is C13H23N3O. The molecule has 1 aliphatic heterocycles. The lowest BCUT2D eigenvalue weighted by molar-refractivity contribution is 0.0754. The van der Waals surface area contributed by atoms with E-state index >= 15 is 0 Å². The van der Waals surface area contributed by atoms with E-state index in [4.69, 9.17) is 4.74 Å². The first-order chi connectivity index (χ1) is 8.09. The number of aromatic nitrogens is 2. The SMILES string of the molecule is Cc1nn(C)c(C)c1[C@@H](C)NC1CCOCC1. The molecule has 4 heteroatoms. The normalized spacial score (nSPS) is 19.5. The number of hydrogen-bond acceptors (Lipinski definition) is 3. The summed E-state index contributed by atoms with van der Waals surface area (Å²) in [4.78, 5) is 0. The minimum absolute atomic E-state index is 0.367. The number of nitrogens with one attached hydrogen (secondary N) is 1. The summed E-state index contributed by atoms with van der Waals surface area (Å²) in [6.45, 7) is 8.22. The van der Waals surface area contributed by atoms with E-state index in [0.29, 0.717) is 12.1 Å². The largest absolute Gasteiger partial charge is 0.381 e. The minimum atomic E-state index is 0.367. The van der Waals surface area contributed by atoms with Crippen molar-refractivity contribution in [1.29, 1.82) is 0 Å². The average Bonchev–Trinajstić information content (AvgIpc) is 2.54. The topological polar surface area (TPSA) is 39.1 Å². The second-order valence-electron chi connectivity index (χ2n) is 4.98. The third-order valence-corrected chi connectivity index (χ3v) is 3.71. The third kappa shape index (κ3) is 2.69. The highest BCUT2D eigenvalue weighted by Crippen LogP contribution is 2.22. The van der Waals surface area contributed by atoms with E-state index in [0.717, 1.165) is 31.7 Å². The van der Waals surface area contributed by atoms with Gasteiger partial charge in [0.25, 0.3) is 0 Å². The standard InChI is InChI=1S/C13H23N3O/c1-9(14-12-5-7-17-8-6-12)13-10(2)15-16(4)11(13)3/h9,12,14H,5-8H2,1-4H3/t9-/m1/s1. The Morgan fingerprint density at radius 2 is 2.00 bits per heavy atom. The number of rotatable bonds is 3. The molecule has 2 heterocycles. The van der Waals surface area contributed by atoms with Crippen molar-refractivity contribution in [3.63, 3.8) is 0 Å². The highest BCUT2D eigenvalue weighted by Gasteiger charge is 2.20. The van der Waals surface area contributed by atoms with Crippen molar-refractivity contribution in [2.45, 2.75) is 45.7 Å². The number of aryl methyl sites for hydroxylation is 2. The van der Waals surface area contributed by atoms with Crippen molar-refractivity contribution in [2.24, 2.45) is 7.05 Å². The van der Waals surface area contributed by atoms with Crippen molar-refractivity contribution >= 4 is 0 Å². The first-order valence-corrected chi connectivity index (χ1v) is 6.43. The predicted octanol–water partition coefficient (Wildman–Crippen LogP) is 1.87. The lowest BCUT2D eigenvalue weighted by atomic mass is 10.0. The van der Waals surface area contributed by atoms with Crippen LogP contribution in [0.2, 0.25) is 0 Å². The van der Waals surface area contributed by atoms with Gasteiger partial charge in [-0.15, -0.1) is 0 Å². The Morgan fingerprint density at radius 3 is 2.53 bits per heavy atom. The zero-order chi connectivity index (χ0) is 12.4. The van der Waals surface area contributed by atoms with Crippen LogP contribution in [0.1, 0.15) is 42.8 Å². The molecule has 1 aromatic heterocycles. The predicted molar refractivity (Wildman–Crippen MR) is 68.1 cm³/mol. The van der Waals surface area contributed by atoms with Crippen LogP contribution in [-0.2, 0) is 11.8 Å². The van der Waals surface area contributed by atoms with E-state index < -0.39 is 0 Å². The van der Waals surface area contributed by atoms with Gasteiger partial charge in [0.05, 0.1) is 5.69 Å². The molecule has 1 fully saturated rings. The molecule has 0 unspecified atom stereocenters. The van der Waals surface area contributed by atoms with E-state index in [1.165, 1.54) is 11.3 Å². The van der Waals surface area contributed by atoms with Gasteiger partial charge < -0.3 is 10.1 Å². The summed E-state index contributed by atoms with van der Waals surface area (Å²) in [5.74, 6) is 0. The van der Waals surface area contributed by atoms with Gasteiger partial charge in [0.2, 0.25) is 0 Å². The van der Waals surface area contributed by atoms with Gasteiger partial charge in [-0.2, -0.15) is 5.10 Å². The van der Waals surface area contributed by atoms with Crippen molar-refractivity contribution in [3.8, 4) is 0 Å². The van der Waals surface area contributed by atoms with E-state index in [1.807, 2.05) is 11.7 Å². The molecule has 0 saturated carbocycles. The van der Waals surface area contributed by atoms with Crippen LogP contribution in [0.25, 0.3) is 0 Å². The molecule has 1 aromatic rings. The maximum atomic E-state index is 5.38. The van der Waals surface area contributed by atoms with Crippen molar-refractivity contribution in [3.05, 3.63) is 17.0 Å². The van der Waals surface area contributed by atoms with Gasteiger partial charge in [-0.1, -0.05) is 0 Å². The average molecular weight is 237 g/mol. The fraction of sp³-hybridized carbons (Fsp3) is 0.769. The van der Waals surface area contributed by atoms with Crippen LogP contribution in [0.15, 0.2) is 0 Å². The van der Waals surface area contributed by atoms with Gasteiger partial charge in [-0.05, 0) is 33.6 Å². The van der Waals surface area contributed by atoms with Crippen LogP contribution in [0.5, 0.6) is 0 Å². The molecule has 4 nitrogen and oxygen atoms in total. The van der Waals surface area contributed by atoms with Crippen molar-refractivity contribution < 1.29 is 4.74 Å². The molecule has 0 radical (unpaired) electrons. The Bertz CT molecular complexity index is 380. The summed E-state index contributed by atoms with van der Waals surface area (Å²) < 4.78 is 7.35. The van der Waals surface area contributed by atoms with E-state index in [9.17, 15) is 0 Å². The van der Waals surface area contributed by atoms with Gasteiger partial charge in [-0.25, -0.2) is 0 Å². The Hall–Kier alpha value is -0.870. The van der Waals surface area contributed by atoms with Gasteiger partial charge in [0.1, 0.15) is 0 Å². The fourth-order valence-corrected chi connectivity index (χ4v) is 2.72. The molecule has 2 rings (SSSR count).